The zero-order valence-electron chi connectivity index (χ0n) is 11.1. The topological polar surface area (TPSA) is 12.0 Å². The first kappa shape index (κ1) is 13.5. The Labute approximate surface area is 112 Å². The molecular weight excluding hydrogens is 244 g/mol. The Balaban J connectivity index is 2.04. The summed E-state index contributed by atoms with van der Waals surface area (Å²) in [5, 5.41) is 3.09. The molecular formula is C16H17F2N. The molecule has 3 heteroatoms. The minimum absolute atomic E-state index is 0.268. The second-order valence-electron chi connectivity index (χ2n) is 4.87. The van der Waals surface area contributed by atoms with Crippen molar-refractivity contribution in [2.75, 3.05) is 5.32 Å². The van der Waals surface area contributed by atoms with Crippen LogP contribution >= 0.6 is 0 Å². The van der Waals surface area contributed by atoms with Gasteiger partial charge in [0, 0.05) is 17.8 Å². The average Bonchev–Trinajstić information content (AvgIpc) is 2.40. The molecule has 0 fully saturated rings. The lowest BCUT2D eigenvalue weighted by molar-refractivity contribution is 0.587. The highest BCUT2D eigenvalue weighted by molar-refractivity contribution is 5.45. The predicted molar refractivity (Wildman–Crippen MR) is 74.2 cm³/mol. The zero-order chi connectivity index (χ0) is 13.8. The second kappa shape index (κ2) is 5.83. The highest BCUT2D eigenvalue weighted by atomic mass is 19.1. The van der Waals surface area contributed by atoms with E-state index in [2.05, 4.69) is 19.2 Å². The van der Waals surface area contributed by atoms with E-state index < -0.39 is 11.6 Å². The molecule has 100 valence electrons. The molecule has 0 bridgehead atoms. The monoisotopic (exact) mass is 261 g/mol. The van der Waals surface area contributed by atoms with Crippen LogP contribution in [0, 0.1) is 11.6 Å². The fourth-order valence-electron chi connectivity index (χ4n) is 1.86. The summed E-state index contributed by atoms with van der Waals surface area (Å²) in [6.45, 7) is 4.53. The highest BCUT2D eigenvalue weighted by Crippen LogP contribution is 2.18. The molecule has 0 aliphatic rings. The number of hydrogen-bond acceptors (Lipinski definition) is 1. The minimum atomic E-state index is -0.423. The summed E-state index contributed by atoms with van der Waals surface area (Å²) in [7, 11) is 0. The third-order valence-electron chi connectivity index (χ3n) is 3.07. The van der Waals surface area contributed by atoms with Gasteiger partial charge in [0.1, 0.15) is 11.6 Å². The normalized spacial score (nSPS) is 10.8. The summed E-state index contributed by atoms with van der Waals surface area (Å²) in [6.07, 6.45) is 0. The van der Waals surface area contributed by atoms with Crippen LogP contribution in [0.2, 0.25) is 0 Å². The van der Waals surface area contributed by atoms with E-state index >= 15 is 0 Å². The van der Waals surface area contributed by atoms with Crippen LogP contribution in [0.3, 0.4) is 0 Å². The van der Waals surface area contributed by atoms with E-state index in [9.17, 15) is 8.78 Å². The SMILES string of the molecule is CC(C)c1ccc(NCc2cc(F)ccc2F)cc1. The van der Waals surface area contributed by atoms with E-state index in [1.165, 1.54) is 11.6 Å². The number of rotatable bonds is 4. The van der Waals surface area contributed by atoms with Crippen molar-refractivity contribution < 1.29 is 8.78 Å². The zero-order valence-corrected chi connectivity index (χ0v) is 11.1. The Kier molecular flexibility index (Phi) is 4.15. The Morgan fingerprint density at radius 2 is 1.68 bits per heavy atom. The molecule has 2 aromatic rings. The summed E-state index contributed by atoms with van der Waals surface area (Å²) in [4.78, 5) is 0. The maximum Gasteiger partial charge on any atom is 0.128 e. The van der Waals surface area contributed by atoms with Crippen molar-refractivity contribution in [3.63, 3.8) is 0 Å². The molecule has 19 heavy (non-hydrogen) atoms. The van der Waals surface area contributed by atoms with Crippen LogP contribution in [0.1, 0.15) is 30.9 Å². The van der Waals surface area contributed by atoms with Crippen molar-refractivity contribution >= 4 is 5.69 Å². The average molecular weight is 261 g/mol. The molecule has 0 aliphatic carbocycles. The molecule has 0 atom stereocenters. The lowest BCUT2D eigenvalue weighted by Gasteiger charge is -2.10. The van der Waals surface area contributed by atoms with Gasteiger partial charge in [0.2, 0.25) is 0 Å². The summed E-state index contributed by atoms with van der Waals surface area (Å²) in [6, 6.07) is 11.5. The van der Waals surface area contributed by atoms with E-state index in [0.29, 0.717) is 11.5 Å². The molecule has 0 amide bonds. The molecule has 0 aliphatic heterocycles. The van der Waals surface area contributed by atoms with Gasteiger partial charge in [-0.15, -0.1) is 0 Å². The van der Waals surface area contributed by atoms with Crippen molar-refractivity contribution in [1.82, 2.24) is 0 Å². The fraction of sp³-hybridized carbons (Fsp3) is 0.250. The quantitative estimate of drug-likeness (QED) is 0.841. The first-order chi connectivity index (χ1) is 9.06. The Bertz CT molecular complexity index is 547. The first-order valence-electron chi connectivity index (χ1n) is 6.34. The smallest absolute Gasteiger partial charge is 0.128 e. The lowest BCUT2D eigenvalue weighted by Crippen LogP contribution is -2.02. The lowest BCUT2D eigenvalue weighted by atomic mass is 10.0. The third-order valence-corrected chi connectivity index (χ3v) is 3.07. The van der Waals surface area contributed by atoms with Crippen molar-refractivity contribution in [3.05, 3.63) is 65.2 Å². The van der Waals surface area contributed by atoms with E-state index in [1.54, 1.807) is 0 Å². The van der Waals surface area contributed by atoms with Crippen LogP contribution < -0.4 is 5.32 Å². The van der Waals surface area contributed by atoms with Gasteiger partial charge in [-0.2, -0.15) is 0 Å². The number of hydrogen-bond donors (Lipinski definition) is 1. The van der Waals surface area contributed by atoms with Gasteiger partial charge < -0.3 is 5.32 Å². The second-order valence-corrected chi connectivity index (χ2v) is 4.87. The van der Waals surface area contributed by atoms with Crippen molar-refractivity contribution in [1.29, 1.82) is 0 Å². The molecule has 2 aromatic carbocycles. The van der Waals surface area contributed by atoms with Gasteiger partial charge in [0.05, 0.1) is 0 Å². The van der Waals surface area contributed by atoms with Gasteiger partial charge in [-0.25, -0.2) is 8.78 Å². The molecule has 0 aromatic heterocycles. The van der Waals surface area contributed by atoms with Crippen molar-refractivity contribution in [3.8, 4) is 0 Å². The van der Waals surface area contributed by atoms with Gasteiger partial charge in [-0.05, 0) is 41.8 Å². The Morgan fingerprint density at radius 3 is 2.32 bits per heavy atom. The summed E-state index contributed by atoms with van der Waals surface area (Å²) < 4.78 is 26.5. The van der Waals surface area contributed by atoms with Gasteiger partial charge in [0.25, 0.3) is 0 Å². The first-order valence-corrected chi connectivity index (χ1v) is 6.34. The molecule has 0 spiro atoms. The minimum Gasteiger partial charge on any atom is -0.381 e. The summed E-state index contributed by atoms with van der Waals surface area (Å²) in [5.41, 5.74) is 2.48. The van der Waals surface area contributed by atoms with Crippen molar-refractivity contribution in [2.45, 2.75) is 26.3 Å². The predicted octanol–water partition coefficient (Wildman–Crippen LogP) is 4.70. The fourth-order valence-corrected chi connectivity index (χ4v) is 1.86. The van der Waals surface area contributed by atoms with Crippen LogP contribution in [0.15, 0.2) is 42.5 Å². The van der Waals surface area contributed by atoms with Gasteiger partial charge >= 0.3 is 0 Å². The maximum atomic E-state index is 13.4. The van der Waals surface area contributed by atoms with E-state index in [1.807, 2.05) is 24.3 Å². The van der Waals surface area contributed by atoms with Gasteiger partial charge in [-0.1, -0.05) is 26.0 Å². The Morgan fingerprint density at radius 1 is 1.00 bits per heavy atom. The molecule has 0 unspecified atom stereocenters. The number of halogens is 2. The van der Waals surface area contributed by atoms with Crippen molar-refractivity contribution in [2.24, 2.45) is 0 Å². The molecule has 0 saturated heterocycles. The summed E-state index contributed by atoms with van der Waals surface area (Å²) >= 11 is 0. The van der Waals surface area contributed by atoms with Gasteiger partial charge in [0.15, 0.2) is 0 Å². The van der Waals surface area contributed by atoms with E-state index in [0.717, 1.165) is 17.8 Å². The largest absolute Gasteiger partial charge is 0.381 e. The number of nitrogens with one attached hydrogen (secondary N) is 1. The molecule has 1 N–H and O–H groups in total. The van der Waals surface area contributed by atoms with Crippen LogP contribution in [-0.4, -0.2) is 0 Å². The molecule has 1 nitrogen and oxygen atoms in total. The van der Waals surface area contributed by atoms with E-state index in [4.69, 9.17) is 0 Å². The number of anilines is 1. The summed E-state index contributed by atoms with van der Waals surface area (Å²) in [5.74, 6) is -0.337. The van der Waals surface area contributed by atoms with Crippen LogP contribution in [0.4, 0.5) is 14.5 Å². The Hall–Kier alpha value is -1.90. The van der Waals surface area contributed by atoms with Gasteiger partial charge in [-0.3, -0.25) is 0 Å². The standard InChI is InChI=1S/C16H17F2N/c1-11(2)12-3-6-15(7-4-12)19-10-13-9-14(17)5-8-16(13)18/h3-9,11,19H,10H2,1-2H3. The molecule has 0 radical (unpaired) electrons. The number of benzene rings is 2. The van der Waals surface area contributed by atoms with Crippen LogP contribution in [0.25, 0.3) is 0 Å². The van der Waals surface area contributed by atoms with Crippen LogP contribution in [0.5, 0.6) is 0 Å². The molecule has 0 heterocycles. The molecule has 2 rings (SSSR count). The maximum absolute atomic E-state index is 13.4. The van der Waals surface area contributed by atoms with Crippen LogP contribution in [-0.2, 0) is 6.54 Å². The highest BCUT2D eigenvalue weighted by Gasteiger charge is 2.04. The third kappa shape index (κ3) is 3.53. The van der Waals surface area contributed by atoms with E-state index in [-0.39, 0.29) is 6.54 Å². The molecule has 0 saturated carbocycles.